The second-order valence-electron chi connectivity index (χ2n) is 5.61. The van der Waals surface area contributed by atoms with Crippen LogP contribution < -0.4 is 15.0 Å². The van der Waals surface area contributed by atoms with Crippen molar-refractivity contribution in [1.29, 1.82) is 0 Å². The number of nitro benzene ring substituents is 1. The number of likely N-dealkylation sites (N-methyl/N-ethyl adjacent to an activating group) is 1. The molecule has 25 heavy (non-hydrogen) atoms. The predicted octanol–water partition coefficient (Wildman–Crippen LogP) is 3.38. The molecule has 7 heteroatoms. The minimum absolute atomic E-state index is 0.0943. The molecule has 2 aromatic rings. The number of nitrogens with one attached hydrogen (secondary N) is 1. The fourth-order valence-electron chi connectivity index (χ4n) is 2.31. The lowest BCUT2D eigenvalue weighted by atomic mass is 10.2. The first-order valence-electron chi connectivity index (χ1n) is 7.89. The number of anilines is 2. The van der Waals surface area contributed by atoms with Crippen LogP contribution >= 0.6 is 0 Å². The van der Waals surface area contributed by atoms with Gasteiger partial charge in [0.25, 0.3) is 0 Å². The highest BCUT2D eigenvalue weighted by atomic mass is 16.6. The summed E-state index contributed by atoms with van der Waals surface area (Å²) in [7, 11) is 1.74. The molecule has 1 N–H and O–H groups in total. The Bertz CT molecular complexity index is 759. The average molecular weight is 343 g/mol. The molecule has 0 unspecified atom stereocenters. The number of amides is 1. The quantitative estimate of drug-likeness (QED) is 0.615. The number of aryl methyl sites for hydroxylation is 1. The second kappa shape index (κ2) is 8.14. The highest BCUT2D eigenvalue weighted by Gasteiger charge is 2.17. The number of nitrogens with zero attached hydrogens (tertiary/aromatic N) is 2. The van der Waals surface area contributed by atoms with Crippen molar-refractivity contribution in [3.8, 4) is 5.75 Å². The van der Waals surface area contributed by atoms with Crippen LogP contribution in [0.2, 0.25) is 0 Å². The van der Waals surface area contributed by atoms with Crippen LogP contribution in [0.3, 0.4) is 0 Å². The summed E-state index contributed by atoms with van der Waals surface area (Å²) in [6.07, 6.45) is 0. The molecule has 0 saturated heterocycles. The first kappa shape index (κ1) is 18.3. The maximum Gasteiger partial charge on any atom is 0.311 e. The maximum atomic E-state index is 12.2. The Kier molecular flexibility index (Phi) is 5.94. The smallest absolute Gasteiger partial charge is 0.311 e. The molecule has 0 aromatic heterocycles. The van der Waals surface area contributed by atoms with Gasteiger partial charge in [0.2, 0.25) is 5.91 Å². The normalized spacial score (nSPS) is 10.2. The van der Waals surface area contributed by atoms with Gasteiger partial charge in [-0.05, 0) is 32.0 Å². The largest absolute Gasteiger partial charge is 0.487 e. The SMILES string of the molecule is CCOc1cc(N(C)CC(=O)Nc2ccc(C)cc2)ccc1[N+](=O)[O-]. The van der Waals surface area contributed by atoms with Crippen molar-refractivity contribution in [2.75, 3.05) is 30.4 Å². The van der Waals surface area contributed by atoms with Crippen LogP contribution in [-0.2, 0) is 4.79 Å². The summed E-state index contributed by atoms with van der Waals surface area (Å²) < 4.78 is 5.33. The first-order valence-corrected chi connectivity index (χ1v) is 7.89. The van der Waals surface area contributed by atoms with E-state index in [1.54, 1.807) is 31.0 Å². The van der Waals surface area contributed by atoms with E-state index in [0.29, 0.717) is 12.3 Å². The summed E-state index contributed by atoms with van der Waals surface area (Å²) >= 11 is 0. The van der Waals surface area contributed by atoms with Gasteiger partial charge in [0.05, 0.1) is 18.1 Å². The van der Waals surface area contributed by atoms with Crippen molar-refractivity contribution in [2.45, 2.75) is 13.8 Å². The van der Waals surface area contributed by atoms with Gasteiger partial charge in [0.15, 0.2) is 5.75 Å². The molecule has 7 nitrogen and oxygen atoms in total. The molecule has 0 aliphatic rings. The van der Waals surface area contributed by atoms with Crippen molar-refractivity contribution in [3.63, 3.8) is 0 Å². The lowest BCUT2D eigenvalue weighted by Gasteiger charge is -2.19. The molecular weight excluding hydrogens is 322 g/mol. The van der Waals surface area contributed by atoms with E-state index in [9.17, 15) is 14.9 Å². The van der Waals surface area contributed by atoms with E-state index in [1.165, 1.54) is 6.07 Å². The molecule has 132 valence electrons. The van der Waals surface area contributed by atoms with Crippen LogP contribution in [0.5, 0.6) is 5.75 Å². The van der Waals surface area contributed by atoms with Crippen LogP contribution in [-0.4, -0.2) is 31.0 Å². The minimum Gasteiger partial charge on any atom is -0.487 e. The van der Waals surface area contributed by atoms with E-state index >= 15 is 0 Å². The predicted molar refractivity (Wildman–Crippen MR) is 97.3 cm³/mol. The lowest BCUT2D eigenvalue weighted by Crippen LogP contribution is -2.30. The summed E-state index contributed by atoms with van der Waals surface area (Å²) in [5.41, 5.74) is 2.41. The summed E-state index contributed by atoms with van der Waals surface area (Å²) in [4.78, 5) is 24.4. The Hall–Kier alpha value is -3.09. The van der Waals surface area contributed by atoms with Crippen LogP contribution in [0, 0.1) is 17.0 Å². The molecule has 0 heterocycles. The molecule has 0 aliphatic carbocycles. The fraction of sp³-hybridized carbons (Fsp3) is 0.278. The zero-order chi connectivity index (χ0) is 18.4. The van der Waals surface area contributed by atoms with E-state index in [2.05, 4.69) is 5.32 Å². The van der Waals surface area contributed by atoms with Gasteiger partial charge in [0, 0.05) is 30.6 Å². The van der Waals surface area contributed by atoms with E-state index in [-0.39, 0.29) is 23.9 Å². The lowest BCUT2D eigenvalue weighted by molar-refractivity contribution is -0.385. The number of carbonyl (C=O) groups is 1. The van der Waals surface area contributed by atoms with Gasteiger partial charge in [-0.15, -0.1) is 0 Å². The topological polar surface area (TPSA) is 84.7 Å². The van der Waals surface area contributed by atoms with Crippen molar-refractivity contribution in [2.24, 2.45) is 0 Å². The molecule has 0 fully saturated rings. The molecule has 0 spiro atoms. The van der Waals surface area contributed by atoms with E-state index in [4.69, 9.17) is 4.74 Å². The van der Waals surface area contributed by atoms with Crippen LogP contribution in [0.25, 0.3) is 0 Å². The summed E-state index contributed by atoms with van der Waals surface area (Å²) in [5, 5.41) is 13.8. The molecule has 2 aromatic carbocycles. The molecule has 0 aliphatic heterocycles. The summed E-state index contributed by atoms with van der Waals surface area (Å²) in [5.74, 6) is 0.0125. The zero-order valence-corrected chi connectivity index (χ0v) is 14.5. The average Bonchev–Trinajstić information content (AvgIpc) is 2.57. The molecule has 2 rings (SSSR count). The van der Waals surface area contributed by atoms with Gasteiger partial charge in [0.1, 0.15) is 0 Å². The Morgan fingerprint density at radius 3 is 2.52 bits per heavy atom. The van der Waals surface area contributed by atoms with Gasteiger partial charge in [-0.3, -0.25) is 14.9 Å². The number of benzene rings is 2. The third kappa shape index (κ3) is 4.94. The first-order chi connectivity index (χ1) is 11.9. The van der Waals surface area contributed by atoms with Crippen molar-refractivity contribution < 1.29 is 14.5 Å². The van der Waals surface area contributed by atoms with E-state index < -0.39 is 4.92 Å². The molecule has 1 amide bonds. The molecular formula is C18H21N3O4. The van der Waals surface area contributed by atoms with Crippen LogP contribution in [0.15, 0.2) is 42.5 Å². The summed E-state index contributed by atoms with van der Waals surface area (Å²) in [6.45, 7) is 4.16. The number of rotatable bonds is 7. The second-order valence-corrected chi connectivity index (χ2v) is 5.61. The van der Waals surface area contributed by atoms with Crippen molar-refractivity contribution >= 4 is 23.0 Å². The number of carbonyl (C=O) groups excluding carboxylic acids is 1. The van der Waals surface area contributed by atoms with Gasteiger partial charge >= 0.3 is 5.69 Å². The van der Waals surface area contributed by atoms with Gasteiger partial charge in [-0.2, -0.15) is 0 Å². The number of nitro groups is 1. The standard InChI is InChI=1S/C18H21N3O4/c1-4-25-17-11-15(9-10-16(17)21(23)24)20(3)12-18(22)19-14-7-5-13(2)6-8-14/h5-11H,4,12H2,1-3H3,(H,19,22). The molecule has 0 saturated carbocycles. The zero-order valence-electron chi connectivity index (χ0n) is 14.5. The Morgan fingerprint density at radius 1 is 1.24 bits per heavy atom. The Morgan fingerprint density at radius 2 is 1.92 bits per heavy atom. The van der Waals surface area contributed by atoms with Crippen molar-refractivity contribution in [3.05, 3.63) is 58.1 Å². The Labute approximate surface area is 146 Å². The molecule has 0 radical (unpaired) electrons. The fourth-order valence-corrected chi connectivity index (χ4v) is 2.31. The Balaban J connectivity index is 2.07. The molecule has 0 bridgehead atoms. The van der Waals surface area contributed by atoms with Gasteiger partial charge < -0.3 is 15.0 Å². The van der Waals surface area contributed by atoms with E-state index in [0.717, 1.165) is 11.3 Å². The number of hydrogen-bond acceptors (Lipinski definition) is 5. The van der Waals surface area contributed by atoms with E-state index in [1.807, 2.05) is 31.2 Å². The van der Waals surface area contributed by atoms with Crippen LogP contribution in [0.1, 0.15) is 12.5 Å². The van der Waals surface area contributed by atoms with Crippen LogP contribution in [0.4, 0.5) is 17.1 Å². The minimum atomic E-state index is -0.487. The number of hydrogen-bond donors (Lipinski definition) is 1. The third-order valence-corrected chi connectivity index (χ3v) is 3.60. The number of ether oxygens (including phenoxy) is 1. The maximum absolute atomic E-state index is 12.2. The van der Waals surface area contributed by atoms with Gasteiger partial charge in [-0.1, -0.05) is 17.7 Å². The third-order valence-electron chi connectivity index (χ3n) is 3.60. The highest BCUT2D eigenvalue weighted by Crippen LogP contribution is 2.31. The molecule has 0 atom stereocenters. The highest BCUT2D eigenvalue weighted by molar-refractivity contribution is 5.94. The van der Waals surface area contributed by atoms with Gasteiger partial charge in [-0.25, -0.2) is 0 Å². The summed E-state index contributed by atoms with van der Waals surface area (Å²) in [6, 6.07) is 12.1. The monoisotopic (exact) mass is 343 g/mol. The van der Waals surface area contributed by atoms with Crippen molar-refractivity contribution in [1.82, 2.24) is 0 Å².